The molecule has 0 nitrogen and oxygen atoms in total. The topological polar surface area (TPSA) is 0 Å². The molecule has 0 aromatic carbocycles. The van der Waals surface area contributed by atoms with Crippen molar-refractivity contribution in [2.45, 2.75) is 44.1 Å². The molecule has 0 aromatic heterocycles. The van der Waals surface area contributed by atoms with Crippen molar-refractivity contribution in [3.63, 3.8) is 0 Å². The number of hydrogen-bond donors (Lipinski definition) is 0. The summed E-state index contributed by atoms with van der Waals surface area (Å²) in [5.74, 6) is 5.25. The van der Waals surface area contributed by atoms with Gasteiger partial charge >= 0.3 is 0 Å². The zero-order chi connectivity index (χ0) is 12.1. The maximum absolute atomic E-state index is 5.27. The van der Waals surface area contributed by atoms with Gasteiger partial charge in [0.05, 0.1) is 4.08 Å². The van der Waals surface area contributed by atoms with E-state index in [1.165, 1.54) is 17.9 Å². The highest BCUT2D eigenvalue weighted by Gasteiger charge is 2.41. The first-order chi connectivity index (χ1) is 7.52. The third-order valence-electron chi connectivity index (χ3n) is 2.76. The van der Waals surface area contributed by atoms with Crippen LogP contribution in [0.3, 0.4) is 0 Å². The summed E-state index contributed by atoms with van der Waals surface area (Å²) in [6.07, 6.45) is 13.1. The minimum Gasteiger partial charge on any atom is -0.139 e. The highest BCUT2D eigenvalue weighted by Crippen LogP contribution is 2.54. The summed E-state index contributed by atoms with van der Waals surface area (Å²) in [4.78, 5) is 0. The van der Waals surface area contributed by atoms with Crippen LogP contribution in [0.2, 0.25) is 0 Å². The Labute approximate surface area is 109 Å². The predicted octanol–water partition coefficient (Wildman–Crippen LogP) is 4.57. The van der Waals surface area contributed by atoms with E-state index < -0.39 is 0 Å². The van der Waals surface area contributed by atoms with E-state index in [4.69, 9.17) is 6.42 Å². The Morgan fingerprint density at radius 1 is 1.31 bits per heavy atom. The first kappa shape index (κ1) is 14.1. The first-order valence-corrected chi connectivity index (χ1v) is 7.88. The summed E-state index contributed by atoms with van der Waals surface area (Å²) < 4.78 is 0.250. The Hall–Kier alpha value is -0.000000000000000111. The molecule has 1 heterocycles. The number of rotatable bonds is 3. The van der Waals surface area contributed by atoms with Gasteiger partial charge < -0.3 is 0 Å². The highest BCUT2D eigenvalue weighted by atomic mass is 32.2. The van der Waals surface area contributed by atoms with Gasteiger partial charge in [-0.3, -0.25) is 0 Å². The molecule has 0 unspecified atom stereocenters. The van der Waals surface area contributed by atoms with Crippen LogP contribution in [0.25, 0.3) is 0 Å². The fourth-order valence-electron chi connectivity index (χ4n) is 1.73. The molecular formula is C14H22S2. The molecule has 0 atom stereocenters. The average Bonchev–Trinajstić information content (AvgIpc) is 2.24. The van der Waals surface area contributed by atoms with Crippen LogP contribution in [0, 0.1) is 17.8 Å². The predicted molar refractivity (Wildman–Crippen MR) is 78.9 cm³/mol. The van der Waals surface area contributed by atoms with Crippen LogP contribution in [0.4, 0.5) is 0 Å². The van der Waals surface area contributed by atoms with Gasteiger partial charge in [-0.05, 0) is 29.8 Å². The summed E-state index contributed by atoms with van der Waals surface area (Å²) in [5, 5.41) is 0. The minimum absolute atomic E-state index is 0.250. The number of thioether (sulfide) groups is 2. The standard InChI is InChI=1S/C14H22S2/c1-5-6-7-8-10-14(13(2,3)4)15-11-9-12-16-14/h1,8,10H,6-7,9,11-12H2,2-4H3/b10-8+. The van der Waals surface area contributed by atoms with Gasteiger partial charge in [0.2, 0.25) is 0 Å². The third-order valence-corrected chi connectivity index (χ3v) is 6.81. The molecule has 0 saturated carbocycles. The van der Waals surface area contributed by atoms with E-state index in [2.05, 4.69) is 62.4 Å². The Morgan fingerprint density at radius 2 is 1.94 bits per heavy atom. The Bertz CT molecular complexity index is 272. The molecule has 0 radical (unpaired) electrons. The lowest BCUT2D eigenvalue weighted by Crippen LogP contribution is -2.37. The van der Waals surface area contributed by atoms with E-state index in [9.17, 15) is 0 Å². The fraction of sp³-hybridized carbons (Fsp3) is 0.714. The monoisotopic (exact) mass is 254 g/mol. The second kappa shape index (κ2) is 6.07. The average molecular weight is 254 g/mol. The molecule has 1 aliphatic rings. The lowest BCUT2D eigenvalue weighted by atomic mass is 9.90. The van der Waals surface area contributed by atoms with Crippen molar-refractivity contribution >= 4 is 23.5 Å². The van der Waals surface area contributed by atoms with E-state index >= 15 is 0 Å². The van der Waals surface area contributed by atoms with Gasteiger partial charge in [-0.1, -0.05) is 32.9 Å². The molecule has 0 N–H and O–H groups in total. The van der Waals surface area contributed by atoms with E-state index in [0.29, 0.717) is 5.41 Å². The normalized spacial score (nSPS) is 20.9. The van der Waals surface area contributed by atoms with E-state index in [-0.39, 0.29) is 4.08 Å². The van der Waals surface area contributed by atoms with Crippen LogP contribution in [0.1, 0.15) is 40.0 Å². The summed E-state index contributed by atoms with van der Waals surface area (Å²) in [5.41, 5.74) is 0.301. The molecule has 1 rings (SSSR count). The summed E-state index contributed by atoms with van der Waals surface area (Å²) in [6.45, 7) is 7.01. The van der Waals surface area contributed by atoms with Crippen molar-refractivity contribution in [1.29, 1.82) is 0 Å². The second-order valence-corrected chi connectivity index (χ2v) is 8.05. The molecule has 2 heteroatoms. The largest absolute Gasteiger partial charge is 0.139 e. The summed E-state index contributed by atoms with van der Waals surface area (Å²) in [6, 6.07) is 0. The summed E-state index contributed by atoms with van der Waals surface area (Å²) >= 11 is 4.20. The molecule has 1 fully saturated rings. The van der Waals surface area contributed by atoms with Crippen molar-refractivity contribution in [3.8, 4) is 12.3 Å². The molecule has 1 aliphatic heterocycles. The third kappa shape index (κ3) is 3.50. The molecular weight excluding hydrogens is 232 g/mol. The Balaban J connectivity index is 2.72. The number of unbranched alkanes of at least 4 members (excludes halogenated alkanes) is 1. The molecule has 0 spiro atoms. The van der Waals surface area contributed by atoms with Crippen LogP contribution in [0.15, 0.2) is 12.2 Å². The van der Waals surface area contributed by atoms with Gasteiger partial charge in [-0.15, -0.1) is 35.9 Å². The van der Waals surface area contributed by atoms with Gasteiger partial charge in [0.25, 0.3) is 0 Å². The lowest BCUT2D eigenvalue weighted by Gasteiger charge is -2.44. The van der Waals surface area contributed by atoms with Crippen LogP contribution in [-0.2, 0) is 0 Å². The minimum atomic E-state index is 0.250. The van der Waals surface area contributed by atoms with Crippen molar-refractivity contribution in [1.82, 2.24) is 0 Å². The maximum atomic E-state index is 5.27. The zero-order valence-electron chi connectivity index (χ0n) is 10.6. The van der Waals surface area contributed by atoms with Crippen LogP contribution in [-0.4, -0.2) is 15.6 Å². The van der Waals surface area contributed by atoms with Gasteiger partial charge in [-0.2, -0.15) is 0 Å². The van der Waals surface area contributed by atoms with E-state index in [1.54, 1.807) is 0 Å². The van der Waals surface area contributed by atoms with Crippen LogP contribution < -0.4 is 0 Å². The number of hydrogen-bond acceptors (Lipinski definition) is 2. The Morgan fingerprint density at radius 3 is 2.44 bits per heavy atom. The van der Waals surface area contributed by atoms with Gasteiger partial charge in [-0.25, -0.2) is 0 Å². The maximum Gasteiger partial charge on any atom is 0.0839 e. The SMILES string of the molecule is C#CCC/C=C/C1(C(C)(C)C)SCCCS1. The van der Waals surface area contributed by atoms with Gasteiger partial charge in [0.1, 0.15) is 0 Å². The Kier molecular flexibility index (Phi) is 5.34. The molecule has 90 valence electrons. The quantitative estimate of drug-likeness (QED) is 0.411. The molecule has 1 saturated heterocycles. The lowest BCUT2D eigenvalue weighted by molar-refractivity contribution is 0.407. The van der Waals surface area contributed by atoms with Gasteiger partial charge in [0.15, 0.2) is 0 Å². The smallest absolute Gasteiger partial charge is 0.0839 e. The van der Waals surface area contributed by atoms with Crippen molar-refractivity contribution < 1.29 is 0 Å². The number of allylic oxidation sites excluding steroid dienone is 1. The summed E-state index contributed by atoms with van der Waals surface area (Å²) in [7, 11) is 0. The zero-order valence-corrected chi connectivity index (χ0v) is 12.2. The van der Waals surface area contributed by atoms with Crippen molar-refractivity contribution in [3.05, 3.63) is 12.2 Å². The first-order valence-electron chi connectivity index (χ1n) is 5.91. The van der Waals surface area contributed by atoms with Crippen LogP contribution in [0.5, 0.6) is 0 Å². The highest BCUT2D eigenvalue weighted by molar-refractivity contribution is 8.19. The molecule has 0 bridgehead atoms. The molecule has 0 aliphatic carbocycles. The molecule has 0 amide bonds. The fourth-order valence-corrected chi connectivity index (χ4v) is 5.18. The van der Waals surface area contributed by atoms with E-state index in [0.717, 1.165) is 12.8 Å². The van der Waals surface area contributed by atoms with Crippen molar-refractivity contribution in [2.75, 3.05) is 11.5 Å². The van der Waals surface area contributed by atoms with Crippen LogP contribution >= 0.6 is 23.5 Å². The molecule has 0 aromatic rings. The number of terminal acetylenes is 1. The van der Waals surface area contributed by atoms with E-state index in [1.807, 2.05) is 0 Å². The second-order valence-electron chi connectivity index (χ2n) is 5.11. The van der Waals surface area contributed by atoms with Gasteiger partial charge in [0, 0.05) is 6.42 Å². The van der Waals surface area contributed by atoms with Crippen molar-refractivity contribution in [2.24, 2.45) is 5.41 Å². The molecule has 16 heavy (non-hydrogen) atoms.